The number of furan rings is 1. The fourth-order valence-electron chi connectivity index (χ4n) is 1.66. The molecule has 0 saturated carbocycles. The van der Waals surface area contributed by atoms with Crippen molar-refractivity contribution in [3.05, 3.63) is 23.7 Å². The summed E-state index contributed by atoms with van der Waals surface area (Å²) in [5.41, 5.74) is 1.05. The summed E-state index contributed by atoms with van der Waals surface area (Å²) in [6.07, 6.45) is 2.31. The predicted molar refractivity (Wildman–Crippen MR) is 57.8 cm³/mol. The Kier molecular flexibility index (Phi) is 3.02. The minimum Gasteiger partial charge on any atom is -0.480 e. The number of nitrogens with one attached hydrogen (secondary N) is 1. The zero-order valence-electron chi connectivity index (χ0n) is 8.40. The zero-order chi connectivity index (χ0) is 10.8. The Morgan fingerprint density at radius 2 is 2.53 bits per heavy atom. The van der Waals surface area contributed by atoms with Crippen LogP contribution in [0.4, 0.5) is 0 Å². The molecular weight excluding hydrogens is 214 g/mol. The van der Waals surface area contributed by atoms with Gasteiger partial charge in [0.2, 0.25) is 0 Å². The Hall–Kier alpha value is -0.940. The smallest absolute Gasteiger partial charge is 0.320 e. The first kappa shape index (κ1) is 10.6. The van der Waals surface area contributed by atoms with E-state index in [4.69, 9.17) is 9.52 Å². The highest BCUT2D eigenvalue weighted by Gasteiger charge is 2.28. The molecule has 0 spiro atoms. The van der Waals surface area contributed by atoms with Crippen LogP contribution in [-0.4, -0.2) is 22.9 Å². The van der Waals surface area contributed by atoms with Gasteiger partial charge in [0.05, 0.1) is 11.6 Å². The van der Waals surface area contributed by atoms with Crippen LogP contribution >= 0.6 is 11.8 Å². The third-order valence-corrected chi connectivity index (χ3v) is 3.72. The summed E-state index contributed by atoms with van der Waals surface area (Å²) in [6.45, 7) is 1.89. The number of rotatable bonds is 2. The molecule has 82 valence electrons. The first-order chi connectivity index (χ1) is 7.18. The number of carboxylic acids is 1. The maximum atomic E-state index is 10.9. The van der Waals surface area contributed by atoms with Gasteiger partial charge in [0.1, 0.15) is 11.8 Å². The molecule has 1 aromatic heterocycles. The fourth-order valence-corrected chi connectivity index (χ4v) is 2.95. The van der Waals surface area contributed by atoms with Crippen molar-refractivity contribution in [2.75, 3.05) is 5.75 Å². The lowest BCUT2D eigenvalue weighted by Gasteiger charge is -2.27. The van der Waals surface area contributed by atoms with E-state index >= 15 is 0 Å². The monoisotopic (exact) mass is 227 g/mol. The molecule has 15 heavy (non-hydrogen) atoms. The number of aryl methyl sites for hydroxylation is 1. The molecule has 1 aliphatic heterocycles. The molecule has 2 unspecified atom stereocenters. The van der Waals surface area contributed by atoms with Crippen LogP contribution < -0.4 is 5.32 Å². The summed E-state index contributed by atoms with van der Waals surface area (Å²) in [6, 6.07) is 1.45. The van der Waals surface area contributed by atoms with Gasteiger partial charge >= 0.3 is 5.97 Å². The van der Waals surface area contributed by atoms with Crippen molar-refractivity contribution < 1.29 is 14.3 Å². The third-order valence-electron chi connectivity index (χ3n) is 2.52. The largest absolute Gasteiger partial charge is 0.480 e. The van der Waals surface area contributed by atoms with E-state index in [2.05, 4.69) is 5.32 Å². The zero-order valence-corrected chi connectivity index (χ0v) is 9.21. The van der Waals surface area contributed by atoms with Crippen molar-refractivity contribution in [2.24, 2.45) is 0 Å². The molecule has 1 saturated heterocycles. The standard InChI is InChI=1S/C10H13NO3S/c1-6-7(2-4-14-6)9-11-8(10(12)13)3-5-15-9/h2,4,8-9,11H,3,5H2,1H3,(H,12,13). The normalized spacial score (nSPS) is 26.5. The second-order valence-electron chi connectivity index (χ2n) is 3.53. The quantitative estimate of drug-likeness (QED) is 0.806. The number of hydrogen-bond acceptors (Lipinski definition) is 4. The fraction of sp³-hybridized carbons (Fsp3) is 0.500. The topological polar surface area (TPSA) is 62.5 Å². The molecule has 4 nitrogen and oxygen atoms in total. The average Bonchev–Trinajstić information content (AvgIpc) is 2.64. The van der Waals surface area contributed by atoms with Gasteiger partial charge in [0, 0.05) is 5.56 Å². The van der Waals surface area contributed by atoms with Gasteiger partial charge < -0.3 is 9.52 Å². The summed E-state index contributed by atoms with van der Waals surface area (Å²) >= 11 is 1.72. The van der Waals surface area contributed by atoms with E-state index in [-0.39, 0.29) is 5.37 Å². The van der Waals surface area contributed by atoms with Gasteiger partial charge in [-0.1, -0.05) is 0 Å². The van der Waals surface area contributed by atoms with E-state index in [1.807, 2.05) is 13.0 Å². The lowest BCUT2D eigenvalue weighted by Crippen LogP contribution is -2.41. The average molecular weight is 227 g/mol. The second-order valence-corrected chi connectivity index (χ2v) is 4.74. The second kappa shape index (κ2) is 4.28. The molecule has 0 amide bonds. The van der Waals surface area contributed by atoms with Gasteiger partial charge in [-0.2, -0.15) is 0 Å². The lowest BCUT2D eigenvalue weighted by molar-refractivity contribution is -0.139. The molecule has 1 aromatic rings. The minimum absolute atomic E-state index is 0.0404. The van der Waals surface area contributed by atoms with Crippen LogP contribution in [0.3, 0.4) is 0 Å². The van der Waals surface area contributed by atoms with E-state index in [0.29, 0.717) is 6.42 Å². The van der Waals surface area contributed by atoms with Crippen LogP contribution in [-0.2, 0) is 4.79 Å². The lowest BCUT2D eigenvalue weighted by atomic mass is 10.2. The van der Waals surface area contributed by atoms with Crippen LogP contribution in [0.5, 0.6) is 0 Å². The van der Waals surface area contributed by atoms with Crippen LogP contribution in [0.15, 0.2) is 16.7 Å². The van der Waals surface area contributed by atoms with Crippen molar-refractivity contribution in [3.8, 4) is 0 Å². The molecule has 0 aromatic carbocycles. The molecule has 5 heteroatoms. The van der Waals surface area contributed by atoms with Crippen molar-refractivity contribution in [3.63, 3.8) is 0 Å². The van der Waals surface area contributed by atoms with Crippen LogP contribution in [0.2, 0.25) is 0 Å². The molecule has 0 bridgehead atoms. The highest BCUT2D eigenvalue weighted by molar-refractivity contribution is 7.99. The van der Waals surface area contributed by atoms with Crippen LogP contribution in [0.25, 0.3) is 0 Å². The van der Waals surface area contributed by atoms with E-state index in [1.54, 1.807) is 18.0 Å². The maximum absolute atomic E-state index is 10.9. The van der Waals surface area contributed by atoms with Gasteiger partial charge in [-0.25, -0.2) is 0 Å². The summed E-state index contributed by atoms with van der Waals surface area (Å²) in [7, 11) is 0. The van der Waals surface area contributed by atoms with Gasteiger partial charge in [0.25, 0.3) is 0 Å². The van der Waals surface area contributed by atoms with Crippen LogP contribution in [0, 0.1) is 6.92 Å². The summed E-state index contributed by atoms with van der Waals surface area (Å²) in [4.78, 5) is 10.9. The van der Waals surface area contributed by atoms with Crippen molar-refractivity contribution >= 4 is 17.7 Å². The maximum Gasteiger partial charge on any atom is 0.320 e. The van der Waals surface area contributed by atoms with E-state index in [1.165, 1.54) is 0 Å². The number of hydrogen-bond donors (Lipinski definition) is 2. The first-order valence-corrected chi connectivity index (χ1v) is 5.88. The molecule has 1 fully saturated rings. The Bertz CT molecular complexity index is 363. The highest BCUT2D eigenvalue weighted by Crippen LogP contribution is 2.33. The van der Waals surface area contributed by atoms with Crippen LogP contribution in [0.1, 0.15) is 23.1 Å². The Balaban J connectivity index is 2.11. The SMILES string of the molecule is Cc1occc1C1NC(C(=O)O)CCS1. The number of carboxylic acid groups (broad SMARTS) is 1. The Morgan fingerprint density at radius 3 is 3.13 bits per heavy atom. The highest BCUT2D eigenvalue weighted by atomic mass is 32.2. The Labute approximate surface area is 92.0 Å². The first-order valence-electron chi connectivity index (χ1n) is 4.83. The molecule has 0 aliphatic carbocycles. The molecule has 2 rings (SSSR count). The van der Waals surface area contributed by atoms with Gasteiger partial charge in [0.15, 0.2) is 0 Å². The molecule has 2 atom stereocenters. The van der Waals surface area contributed by atoms with E-state index in [9.17, 15) is 4.79 Å². The molecule has 1 aliphatic rings. The molecule has 2 heterocycles. The molecule has 0 radical (unpaired) electrons. The van der Waals surface area contributed by atoms with Gasteiger partial charge in [-0.3, -0.25) is 10.1 Å². The van der Waals surface area contributed by atoms with E-state index < -0.39 is 12.0 Å². The summed E-state index contributed by atoms with van der Waals surface area (Å²) in [5, 5.41) is 12.1. The predicted octanol–water partition coefficient (Wildman–Crippen LogP) is 1.77. The third kappa shape index (κ3) is 2.18. The van der Waals surface area contributed by atoms with Crippen molar-refractivity contribution in [1.29, 1.82) is 0 Å². The number of carbonyl (C=O) groups is 1. The Morgan fingerprint density at radius 1 is 1.73 bits per heavy atom. The number of aliphatic carboxylic acids is 1. The van der Waals surface area contributed by atoms with Gasteiger partial charge in [-0.15, -0.1) is 11.8 Å². The van der Waals surface area contributed by atoms with E-state index in [0.717, 1.165) is 17.1 Å². The molecular formula is C10H13NO3S. The summed E-state index contributed by atoms with van der Waals surface area (Å²) in [5.74, 6) is 0.937. The number of thioether (sulfide) groups is 1. The van der Waals surface area contributed by atoms with Crippen molar-refractivity contribution in [2.45, 2.75) is 24.8 Å². The van der Waals surface area contributed by atoms with Crippen molar-refractivity contribution in [1.82, 2.24) is 5.32 Å². The van der Waals surface area contributed by atoms with Gasteiger partial charge in [-0.05, 0) is 25.2 Å². The summed E-state index contributed by atoms with van der Waals surface area (Å²) < 4.78 is 5.21. The molecule has 2 N–H and O–H groups in total. The minimum atomic E-state index is -0.776.